The lowest BCUT2D eigenvalue weighted by molar-refractivity contribution is -0.136. The maximum atomic E-state index is 12.8. The third-order valence-electron chi connectivity index (χ3n) is 5.44. The quantitative estimate of drug-likeness (QED) is 0.727. The summed E-state index contributed by atoms with van der Waals surface area (Å²) in [6, 6.07) is 5.51. The number of nitrogens with zero attached hydrogens (tertiary/aromatic N) is 2. The Balaban J connectivity index is 1.79. The molecule has 1 aromatic rings. The van der Waals surface area contributed by atoms with Crippen LogP contribution in [0.15, 0.2) is 18.2 Å². The minimum Gasteiger partial charge on any atom is -0.330 e. The van der Waals surface area contributed by atoms with Gasteiger partial charge in [0, 0.05) is 31.1 Å². The number of carbonyl (C=O) groups is 3. The van der Waals surface area contributed by atoms with Crippen LogP contribution in [0.2, 0.25) is 0 Å². The van der Waals surface area contributed by atoms with Crippen LogP contribution in [0.1, 0.15) is 47.7 Å². The van der Waals surface area contributed by atoms with Gasteiger partial charge in [-0.3, -0.25) is 24.6 Å². The summed E-state index contributed by atoms with van der Waals surface area (Å²) in [5, 5.41) is 2.34. The van der Waals surface area contributed by atoms with Crippen LogP contribution in [-0.4, -0.2) is 53.2 Å². The minimum absolute atomic E-state index is 0.131. The number of amides is 3. The smallest absolute Gasteiger partial charge is 0.255 e. The standard InChI is InChI=1S/C19H26N4O3/c1-12(8-9-20)22(2)10-13-4-3-5-14-15(13)11-23(19(14)26)16-6-7-17(24)21-18(16)25/h3-5,12,16H,6-11,20H2,1-2H3,(H,21,24,25). The number of hydrogen-bond donors (Lipinski definition) is 2. The summed E-state index contributed by atoms with van der Waals surface area (Å²) in [6.07, 6.45) is 1.56. The lowest BCUT2D eigenvalue weighted by Gasteiger charge is -2.29. The zero-order chi connectivity index (χ0) is 18.8. The Bertz CT molecular complexity index is 733. The second-order valence-corrected chi connectivity index (χ2v) is 7.18. The Hall–Kier alpha value is -2.25. The molecule has 26 heavy (non-hydrogen) atoms. The third-order valence-corrected chi connectivity index (χ3v) is 5.44. The Morgan fingerprint density at radius 2 is 2.12 bits per heavy atom. The van der Waals surface area contributed by atoms with Crippen molar-refractivity contribution in [1.82, 2.24) is 15.1 Å². The number of benzene rings is 1. The van der Waals surface area contributed by atoms with E-state index in [9.17, 15) is 14.4 Å². The molecule has 0 aliphatic carbocycles. The Kier molecular flexibility index (Phi) is 5.38. The van der Waals surface area contributed by atoms with Crippen LogP contribution in [-0.2, 0) is 22.7 Å². The Morgan fingerprint density at radius 1 is 1.35 bits per heavy atom. The van der Waals surface area contributed by atoms with E-state index in [-0.39, 0.29) is 24.1 Å². The summed E-state index contributed by atoms with van der Waals surface area (Å²) < 4.78 is 0. The number of imide groups is 1. The fourth-order valence-electron chi connectivity index (χ4n) is 3.68. The molecule has 0 radical (unpaired) electrons. The van der Waals surface area contributed by atoms with Crippen LogP contribution in [0.4, 0.5) is 0 Å². The van der Waals surface area contributed by atoms with Crippen molar-refractivity contribution >= 4 is 17.7 Å². The van der Waals surface area contributed by atoms with Crippen molar-refractivity contribution in [2.75, 3.05) is 13.6 Å². The van der Waals surface area contributed by atoms with Gasteiger partial charge in [0.25, 0.3) is 5.91 Å². The Labute approximate surface area is 153 Å². The topological polar surface area (TPSA) is 95.7 Å². The average molecular weight is 358 g/mol. The van der Waals surface area contributed by atoms with Crippen molar-refractivity contribution < 1.29 is 14.4 Å². The van der Waals surface area contributed by atoms with Gasteiger partial charge >= 0.3 is 0 Å². The van der Waals surface area contributed by atoms with Gasteiger partial charge in [-0.15, -0.1) is 0 Å². The van der Waals surface area contributed by atoms with Gasteiger partial charge in [0.1, 0.15) is 6.04 Å². The van der Waals surface area contributed by atoms with Crippen molar-refractivity contribution in [3.8, 4) is 0 Å². The van der Waals surface area contributed by atoms with Gasteiger partial charge in [0.2, 0.25) is 11.8 Å². The molecule has 140 valence electrons. The van der Waals surface area contributed by atoms with Gasteiger partial charge in [-0.2, -0.15) is 0 Å². The normalized spacial score (nSPS) is 21.2. The molecular formula is C19H26N4O3. The van der Waals surface area contributed by atoms with Gasteiger partial charge in [0.15, 0.2) is 0 Å². The second kappa shape index (κ2) is 7.55. The van der Waals surface area contributed by atoms with Crippen LogP contribution in [0.3, 0.4) is 0 Å². The van der Waals surface area contributed by atoms with E-state index in [2.05, 4.69) is 24.2 Å². The van der Waals surface area contributed by atoms with E-state index < -0.39 is 6.04 Å². The van der Waals surface area contributed by atoms with Gasteiger partial charge in [-0.1, -0.05) is 12.1 Å². The third kappa shape index (κ3) is 3.50. The maximum absolute atomic E-state index is 12.8. The molecule has 7 nitrogen and oxygen atoms in total. The first-order valence-corrected chi connectivity index (χ1v) is 9.08. The molecular weight excluding hydrogens is 332 g/mol. The molecule has 2 heterocycles. The van der Waals surface area contributed by atoms with E-state index in [0.717, 1.165) is 24.1 Å². The number of hydrogen-bond acceptors (Lipinski definition) is 5. The summed E-state index contributed by atoms with van der Waals surface area (Å²) >= 11 is 0. The lowest BCUT2D eigenvalue weighted by atomic mass is 10.0. The summed E-state index contributed by atoms with van der Waals surface area (Å²) in [5.74, 6) is -0.779. The second-order valence-electron chi connectivity index (χ2n) is 7.18. The van der Waals surface area contributed by atoms with E-state index in [0.29, 0.717) is 31.1 Å². The molecule has 1 fully saturated rings. The molecule has 3 amide bonds. The average Bonchev–Trinajstić information content (AvgIpc) is 2.93. The molecule has 0 spiro atoms. The molecule has 2 atom stereocenters. The van der Waals surface area contributed by atoms with Gasteiger partial charge in [0.05, 0.1) is 0 Å². The van der Waals surface area contributed by atoms with Crippen LogP contribution in [0.5, 0.6) is 0 Å². The fraction of sp³-hybridized carbons (Fsp3) is 0.526. The first-order chi connectivity index (χ1) is 12.4. The summed E-state index contributed by atoms with van der Waals surface area (Å²) in [7, 11) is 2.05. The molecule has 0 bridgehead atoms. The zero-order valence-electron chi connectivity index (χ0n) is 15.3. The SMILES string of the molecule is CC(CCN)N(C)Cc1cccc2c1CN(C1CCC(=O)NC1=O)C2=O. The highest BCUT2D eigenvalue weighted by Gasteiger charge is 2.39. The number of rotatable bonds is 6. The fourth-order valence-corrected chi connectivity index (χ4v) is 3.68. The van der Waals surface area contributed by atoms with Crippen LogP contribution in [0.25, 0.3) is 0 Å². The van der Waals surface area contributed by atoms with Crippen LogP contribution < -0.4 is 11.1 Å². The summed E-state index contributed by atoms with van der Waals surface area (Å²) in [6.45, 7) is 3.91. The van der Waals surface area contributed by atoms with Crippen LogP contribution >= 0.6 is 0 Å². The van der Waals surface area contributed by atoms with E-state index >= 15 is 0 Å². The molecule has 2 aliphatic heterocycles. The largest absolute Gasteiger partial charge is 0.330 e. The van der Waals surface area contributed by atoms with Crippen molar-refractivity contribution in [2.24, 2.45) is 5.73 Å². The molecule has 2 aliphatic rings. The number of piperidine rings is 1. The Morgan fingerprint density at radius 3 is 2.81 bits per heavy atom. The summed E-state index contributed by atoms with van der Waals surface area (Å²) in [4.78, 5) is 40.2. The van der Waals surface area contributed by atoms with Gasteiger partial charge in [-0.05, 0) is 50.6 Å². The van der Waals surface area contributed by atoms with E-state index in [4.69, 9.17) is 5.73 Å². The predicted molar refractivity (Wildman–Crippen MR) is 97.1 cm³/mol. The molecule has 3 N–H and O–H groups in total. The van der Waals surface area contributed by atoms with Crippen molar-refractivity contribution in [2.45, 2.75) is 51.4 Å². The molecule has 7 heteroatoms. The number of carbonyl (C=O) groups excluding carboxylic acids is 3. The molecule has 0 aromatic heterocycles. The highest BCUT2D eigenvalue weighted by Crippen LogP contribution is 2.30. The maximum Gasteiger partial charge on any atom is 0.255 e. The molecule has 3 rings (SSSR count). The first kappa shape index (κ1) is 18.5. The highest BCUT2D eigenvalue weighted by molar-refractivity contribution is 6.05. The number of nitrogens with one attached hydrogen (secondary N) is 1. The van der Waals surface area contributed by atoms with E-state index in [1.807, 2.05) is 18.2 Å². The number of nitrogens with two attached hydrogens (primary N) is 1. The highest BCUT2D eigenvalue weighted by atomic mass is 16.2. The van der Waals surface area contributed by atoms with Crippen molar-refractivity contribution in [3.05, 3.63) is 34.9 Å². The van der Waals surface area contributed by atoms with Gasteiger partial charge < -0.3 is 10.6 Å². The summed E-state index contributed by atoms with van der Waals surface area (Å²) in [5.41, 5.74) is 8.39. The van der Waals surface area contributed by atoms with Crippen molar-refractivity contribution in [3.63, 3.8) is 0 Å². The molecule has 1 aromatic carbocycles. The zero-order valence-corrected chi connectivity index (χ0v) is 15.3. The molecule has 2 unspecified atom stereocenters. The number of fused-ring (bicyclic) bond motifs is 1. The van der Waals surface area contributed by atoms with E-state index in [1.54, 1.807) is 4.90 Å². The van der Waals surface area contributed by atoms with Crippen molar-refractivity contribution in [1.29, 1.82) is 0 Å². The van der Waals surface area contributed by atoms with Gasteiger partial charge in [-0.25, -0.2) is 0 Å². The minimum atomic E-state index is -0.575. The first-order valence-electron chi connectivity index (χ1n) is 9.08. The molecule has 1 saturated heterocycles. The monoisotopic (exact) mass is 358 g/mol. The van der Waals surface area contributed by atoms with Crippen LogP contribution in [0, 0.1) is 0 Å². The molecule has 0 saturated carbocycles. The lowest BCUT2D eigenvalue weighted by Crippen LogP contribution is -2.52. The predicted octanol–water partition coefficient (Wildman–Crippen LogP) is 0.617. The van der Waals surface area contributed by atoms with E-state index in [1.165, 1.54) is 0 Å².